The Balaban J connectivity index is 1.79. The maximum absolute atomic E-state index is 5.10. The van der Waals surface area contributed by atoms with Gasteiger partial charge in [0, 0.05) is 35.2 Å². The molecule has 5 rings (SSSR count). The van der Waals surface area contributed by atoms with Crippen molar-refractivity contribution in [1.29, 1.82) is 0 Å². The van der Waals surface area contributed by atoms with Crippen LogP contribution in [0.3, 0.4) is 0 Å². The second kappa shape index (κ2) is 7.34. The van der Waals surface area contributed by atoms with E-state index in [4.69, 9.17) is 4.98 Å². The third-order valence-corrected chi connectivity index (χ3v) is 5.28. The molecular weight excluding hydrogens is 356 g/mol. The van der Waals surface area contributed by atoms with Gasteiger partial charge in [-0.05, 0) is 17.7 Å². The highest BCUT2D eigenvalue weighted by atomic mass is 14.8. The van der Waals surface area contributed by atoms with Gasteiger partial charge in [0.25, 0.3) is 0 Å². The van der Waals surface area contributed by atoms with Gasteiger partial charge in [0.05, 0.1) is 28.7 Å². The molecule has 0 aliphatic rings. The number of fused-ring (bicyclic) bond motifs is 1. The van der Waals surface area contributed by atoms with Gasteiger partial charge in [0.1, 0.15) is 0 Å². The summed E-state index contributed by atoms with van der Waals surface area (Å²) in [5, 5.41) is 1.10. The van der Waals surface area contributed by atoms with Crippen LogP contribution in [0.1, 0.15) is 5.56 Å². The number of nitrogens with zero attached hydrogens (tertiary/aromatic N) is 1. The number of rotatable bonds is 4. The Labute approximate surface area is 169 Å². The highest BCUT2D eigenvalue weighted by Gasteiger charge is 2.17. The monoisotopic (exact) mass is 378 g/mol. The van der Waals surface area contributed by atoms with E-state index < -0.39 is 0 Å². The van der Waals surface area contributed by atoms with Gasteiger partial charge in [-0.15, -0.1) is 0 Å². The van der Waals surface area contributed by atoms with Gasteiger partial charge in [-0.25, -0.2) is 9.97 Å². The fourth-order valence-corrected chi connectivity index (χ4v) is 3.74. The lowest BCUT2D eigenvalue weighted by atomic mass is 9.96. The molecule has 2 aromatic carbocycles. The normalized spacial score (nSPS) is 11.1. The molecule has 0 radical (unpaired) electrons. The summed E-state index contributed by atoms with van der Waals surface area (Å²) in [4.78, 5) is 11.6. The molecule has 0 aliphatic heterocycles. The summed E-state index contributed by atoms with van der Waals surface area (Å²) in [6.07, 6.45) is 5.89. The first kappa shape index (κ1) is 17.3. The highest BCUT2D eigenvalue weighted by Crippen LogP contribution is 2.35. The summed E-state index contributed by atoms with van der Waals surface area (Å²) in [6, 6.07) is 25.4. The molecule has 5 aromatic rings. The molecule has 3 heterocycles. The predicted octanol–water partition coefficient (Wildman–Crippen LogP) is 4.12. The summed E-state index contributed by atoms with van der Waals surface area (Å²) in [5.41, 5.74) is 12.7. The zero-order valence-electron chi connectivity index (χ0n) is 16.0. The Morgan fingerprint density at radius 1 is 0.862 bits per heavy atom. The second-order valence-corrected chi connectivity index (χ2v) is 7.08. The topological polar surface area (TPSA) is 70.5 Å². The lowest BCUT2D eigenvalue weighted by Crippen LogP contribution is -2.47. The lowest BCUT2D eigenvalue weighted by molar-refractivity contribution is -0.386. The molecule has 0 spiro atoms. The summed E-state index contributed by atoms with van der Waals surface area (Å²) < 4.78 is 0. The van der Waals surface area contributed by atoms with E-state index in [0.717, 1.165) is 51.1 Å². The van der Waals surface area contributed by atoms with Crippen molar-refractivity contribution in [3.63, 3.8) is 0 Å². The van der Waals surface area contributed by atoms with Gasteiger partial charge >= 0.3 is 0 Å². The molecule has 29 heavy (non-hydrogen) atoms. The summed E-state index contributed by atoms with van der Waals surface area (Å²) >= 11 is 0. The van der Waals surface area contributed by atoms with Crippen molar-refractivity contribution in [2.75, 3.05) is 0 Å². The number of hydrogen-bond acceptors (Lipinski definition) is 1. The minimum Gasteiger partial charge on any atom is -0.367 e. The highest BCUT2D eigenvalue weighted by molar-refractivity contribution is 5.97. The molecule has 0 saturated heterocycles. The van der Waals surface area contributed by atoms with E-state index in [1.54, 1.807) is 0 Å². The van der Waals surface area contributed by atoms with E-state index in [1.807, 2.05) is 30.7 Å². The summed E-state index contributed by atoms with van der Waals surface area (Å²) in [7, 11) is 0. The number of benzene rings is 2. The van der Waals surface area contributed by atoms with Gasteiger partial charge in [0.15, 0.2) is 6.20 Å². The lowest BCUT2D eigenvalue weighted by Gasteiger charge is -2.12. The van der Waals surface area contributed by atoms with Crippen LogP contribution < -0.4 is 10.7 Å². The van der Waals surface area contributed by atoms with Crippen molar-refractivity contribution in [2.24, 2.45) is 0 Å². The first-order valence-electron chi connectivity index (χ1n) is 9.76. The zero-order valence-corrected chi connectivity index (χ0v) is 16.0. The predicted molar refractivity (Wildman–Crippen MR) is 116 cm³/mol. The average molecular weight is 378 g/mol. The van der Waals surface area contributed by atoms with Crippen molar-refractivity contribution < 1.29 is 10.7 Å². The molecule has 0 atom stereocenters. The van der Waals surface area contributed by atoms with Crippen molar-refractivity contribution in [3.8, 4) is 33.6 Å². The molecule has 3 aromatic heterocycles. The number of hydrogen-bond donors (Lipinski definition) is 2. The van der Waals surface area contributed by atoms with Crippen molar-refractivity contribution in [2.45, 2.75) is 6.54 Å². The molecule has 4 nitrogen and oxygen atoms in total. The zero-order chi connectivity index (χ0) is 19.6. The largest absolute Gasteiger partial charge is 0.367 e. The van der Waals surface area contributed by atoms with Gasteiger partial charge in [-0.2, -0.15) is 0 Å². The van der Waals surface area contributed by atoms with Crippen molar-refractivity contribution >= 4 is 10.9 Å². The van der Waals surface area contributed by atoms with E-state index in [-0.39, 0.29) is 0 Å². The minimum atomic E-state index is 0.785. The standard InChI is InChI=1S/C25H20N4/c26-15-17-6-8-19(9-7-17)25-21(18-4-2-1-3-5-18)14-22-23(29-25)11-13-28-24(22)20-10-12-27-16-20/h1-14,16,27H,15,26H2/p+2. The number of aromatic amines is 2. The van der Waals surface area contributed by atoms with Crippen LogP contribution in [0, 0.1) is 0 Å². The van der Waals surface area contributed by atoms with Crippen LogP contribution in [0.5, 0.6) is 0 Å². The van der Waals surface area contributed by atoms with Crippen LogP contribution in [0.15, 0.2) is 91.4 Å². The number of pyridine rings is 2. The fraction of sp³-hybridized carbons (Fsp3) is 0.0400. The van der Waals surface area contributed by atoms with Crippen molar-refractivity contribution in [1.82, 2.24) is 9.97 Å². The fourth-order valence-electron chi connectivity index (χ4n) is 3.74. The molecule has 0 unspecified atom stereocenters. The number of H-pyrrole nitrogens is 2. The van der Waals surface area contributed by atoms with Gasteiger partial charge in [0.2, 0.25) is 5.69 Å². The van der Waals surface area contributed by atoms with Gasteiger partial charge in [-0.1, -0.05) is 54.6 Å². The summed E-state index contributed by atoms with van der Waals surface area (Å²) in [6.45, 7) is 0.785. The number of quaternary nitrogens is 1. The maximum atomic E-state index is 5.10. The first-order valence-corrected chi connectivity index (χ1v) is 9.76. The van der Waals surface area contributed by atoms with Crippen LogP contribution in [0.2, 0.25) is 0 Å². The second-order valence-electron chi connectivity index (χ2n) is 7.08. The molecule has 140 valence electrons. The summed E-state index contributed by atoms with van der Waals surface area (Å²) in [5.74, 6) is 0. The molecule has 0 fully saturated rings. The Bertz CT molecular complexity index is 1260. The van der Waals surface area contributed by atoms with Crippen LogP contribution in [-0.2, 0) is 6.54 Å². The number of nitrogens with one attached hydrogen (secondary N) is 2. The first-order chi connectivity index (χ1) is 14.3. The van der Waals surface area contributed by atoms with E-state index in [2.05, 4.69) is 76.4 Å². The van der Waals surface area contributed by atoms with E-state index in [0.29, 0.717) is 0 Å². The molecule has 4 heteroatoms. The smallest absolute Gasteiger partial charge is 0.221 e. The van der Waals surface area contributed by atoms with Gasteiger partial charge in [-0.3, -0.25) is 0 Å². The van der Waals surface area contributed by atoms with Crippen LogP contribution in [0.4, 0.5) is 0 Å². The number of aromatic nitrogens is 3. The Morgan fingerprint density at radius 3 is 2.41 bits per heavy atom. The third kappa shape index (κ3) is 3.20. The average Bonchev–Trinajstić information content (AvgIpc) is 3.33. The molecule has 5 N–H and O–H groups in total. The minimum absolute atomic E-state index is 0.785. The quantitative estimate of drug-likeness (QED) is 0.485. The molecule has 0 bridgehead atoms. The third-order valence-electron chi connectivity index (χ3n) is 5.28. The van der Waals surface area contributed by atoms with Crippen LogP contribution in [0.25, 0.3) is 44.5 Å². The van der Waals surface area contributed by atoms with Gasteiger partial charge < -0.3 is 10.7 Å². The molecular formula is C25H22N4+2. The van der Waals surface area contributed by atoms with Crippen LogP contribution in [-0.4, -0.2) is 9.97 Å². The molecule has 0 aliphatic carbocycles. The van der Waals surface area contributed by atoms with Crippen LogP contribution >= 0.6 is 0 Å². The van der Waals surface area contributed by atoms with E-state index >= 15 is 0 Å². The maximum Gasteiger partial charge on any atom is 0.221 e. The van der Waals surface area contributed by atoms with Crippen molar-refractivity contribution in [3.05, 3.63) is 97.0 Å². The molecule has 0 amide bonds. The van der Waals surface area contributed by atoms with E-state index in [9.17, 15) is 0 Å². The Kier molecular flexibility index (Phi) is 4.39. The SMILES string of the molecule is [NH3+]Cc1ccc(-c2nc3cc[nH+]c(-c4cc[nH]c4)c3cc2-c2ccccc2)cc1. The molecule has 0 saturated carbocycles. The Hall–Kier alpha value is -3.76. The van der Waals surface area contributed by atoms with E-state index in [1.165, 1.54) is 5.56 Å². The Morgan fingerprint density at radius 2 is 1.69 bits per heavy atom.